The molecule has 17 heteroatoms. The van der Waals surface area contributed by atoms with Crippen LogP contribution in [0.15, 0.2) is 48.7 Å². The van der Waals surface area contributed by atoms with Crippen molar-refractivity contribution in [3.8, 4) is 11.3 Å². The van der Waals surface area contributed by atoms with Gasteiger partial charge in [0.2, 0.25) is 23.7 Å². The summed E-state index contributed by atoms with van der Waals surface area (Å²) in [6.07, 6.45) is 10.9. The lowest BCUT2D eigenvalue weighted by molar-refractivity contribution is -0.139. The largest absolute Gasteiger partial charge is 0.381 e. The summed E-state index contributed by atoms with van der Waals surface area (Å²) in [6, 6.07) is 15.0. The molecule has 2 aromatic heterocycles. The topological polar surface area (TPSA) is 178 Å². The molecule has 2 aromatic carbocycles. The van der Waals surface area contributed by atoms with E-state index in [1.807, 2.05) is 24.4 Å². The second kappa shape index (κ2) is 24.3. The van der Waals surface area contributed by atoms with Crippen LogP contribution in [-0.2, 0) is 39.9 Å². The minimum Gasteiger partial charge on any atom is -0.381 e. The molecular formula is C50H70N10O7. The number of nitrogens with zero attached hydrogens (tertiary/aromatic N) is 7. The van der Waals surface area contributed by atoms with Crippen molar-refractivity contribution in [3.63, 3.8) is 0 Å². The molecule has 2 unspecified atom stereocenters. The van der Waals surface area contributed by atoms with Crippen LogP contribution in [0.25, 0.3) is 22.3 Å². The first kappa shape index (κ1) is 48.4. The van der Waals surface area contributed by atoms with E-state index in [-0.39, 0.29) is 24.1 Å². The van der Waals surface area contributed by atoms with E-state index >= 15 is 0 Å². The molecule has 3 fully saturated rings. The number of aromatic nitrogens is 4. The summed E-state index contributed by atoms with van der Waals surface area (Å²) in [5.41, 5.74) is 6.71. The van der Waals surface area contributed by atoms with Gasteiger partial charge in [-0.2, -0.15) is 10.1 Å². The van der Waals surface area contributed by atoms with Crippen LogP contribution in [0.3, 0.4) is 0 Å². The fourth-order valence-corrected chi connectivity index (χ4v) is 9.79. The molecule has 4 aromatic rings. The zero-order valence-electron chi connectivity index (χ0n) is 39.5. The first-order valence-corrected chi connectivity index (χ1v) is 24.7. The summed E-state index contributed by atoms with van der Waals surface area (Å²) in [6.45, 7) is 13.7. The lowest BCUT2D eigenvalue weighted by Crippen LogP contribution is -2.46. The molecule has 4 aliphatic rings. The Hall–Kier alpha value is -5.04. The third-order valence-electron chi connectivity index (χ3n) is 13.5. The number of piperazine rings is 1. The fraction of sp³-hybridized carbons (Fsp3) is 0.600. The highest BCUT2D eigenvalue weighted by molar-refractivity contribution is 6.11. The summed E-state index contributed by atoms with van der Waals surface area (Å²) in [5, 5.41) is 15.4. The van der Waals surface area contributed by atoms with Crippen LogP contribution in [0, 0.1) is 5.92 Å². The molecule has 3 amide bonds. The Morgan fingerprint density at radius 1 is 0.776 bits per heavy atom. The Morgan fingerprint density at radius 2 is 1.48 bits per heavy atom. The van der Waals surface area contributed by atoms with Crippen LogP contribution in [0.1, 0.15) is 87.8 Å². The van der Waals surface area contributed by atoms with E-state index in [1.165, 1.54) is 24.8 Å². The number of carbonyl (C=O) groups excluding carboxylic acids is 3. The van der Waals surface area contributed by atoms with Crippen molar-refractivity contribution in [1.82, 2.24) is 34.9 Å². The van der Waals surface area contributed by atoms with Crippen molar-refractivity contribution in [2.24, 2.45) is 5.92 Å². The van der Waals surface area contributed by atoms with Crippen molar-refractivity contribution in [3.05, 3.63) is 59.8 Å². The molecule has 1 saturated carbocycles. The van der Waals surface area contributed by atoms with Gasteiger partial charge in [-0.25, -0.2) is 9.67 Å². The molecule has 362 valence electrons. The number of anilines is 3. The first-order valence-electron chi connectivity index (χ1n) is 24.7. The van der Waals surface area contributed by atoms with Gasteiger partial charge < -0.3 is 34.5 Å². The Labute approximate surface area is 394 Å². The molecule has 67 heavy (non-hydrogen) atoms. The smallest absolute Gasteiger partial charge is 0.235 e. The second-order valence-electron chi connectivity index (χ2n) is 18.2. The number of piperidine rings is 1. The van der Waals surface area contributed by atoms with Gasteiger partial charge in [-0.1, -0.05) is 69.0 Å². The number of nitrogens with one attached hydrogen (secondary N) is 3. The van der Waals surface area contributed by atoms with Crippen molar-refractivity contribution < 1.29 is 33.3 Å². The number of imide groups is 1. The predicted octanol–water partition coefficient (Wildman–Crippen LogP) is 5.62. The summed E-state index contributed by atoms with van der Waals surface area (Å²) in [4.78, 5) is 53.7. The maximum absolute atomic E-state index is 13.2. The minimum atomic E-state index is -0.596. The number of amides is 3. The Morgan fingerprint density at radius 3 is 2.19 bits per heavy atom. The first-order chi connectivity index (χ1) is 32.9. The number of rotatable bonds is 25. The van der Waals surface area contributed by atoms with Gasteiger partial charge >= 0.3 is 0 Å². The normalized spacial score (nSPS) is 19.6. The van der Waals surface area contributed by atoms with E-state index in [4.69, 9.17) is 29.0 Å². The molecule has 8 rings (SSSR count). The maximum atomic E-state index is 13.2. The molecule has 1 aliphatic carbocycles. The molecular weight excluding hydrogens is 853 g/mol. The quantitative estimate of drug-likeness (QED) is 0.0552. The molecule has 17 nitrogen and oxygen atoms in total. The molecule has 0 radical (unpaired) electrons. The van der Waals surface area contributed by atoms with Gasteiger partial charge in [-0.15, -0.1) is 0 Å². The van der Waals surface area contributed by atoms with Crippen molar-refractivity contribution >= 4 is 46.1 Å². The number of likely N-dealkylation sites (N-methyl/N-ethyl adjacent to an activating group) is 1. The van der Waals surface area contributed by atoms with Crippen LogP contribution in [0.4, 0.5) is 17.3 Å². The lowest BCUT2D eigenvalue weighted by atomic mass is 9.81. The number of para-hydroxylation sites is 1. The summed E-state index contributed by atoms with van der Waals surface area (Å²) < 4.78 is 25.2. The third kappa shape index (κ3) is 12.5. The Balaban J connectivity index is 0.650. The summed E-state index contributed by atoms with van der Waals surface area (Å²) in [7, 11) is 1.72. The molecule has 3 aliphatic heterocycles. The number of hydrogen-bond acceptors (Lipinski definition) is 14. The predicted molar refractivity (Wildman–Crippen MR) is 258 cm³/mol. The van der Waals surface area contributed by atoms with Crippen molar-refractivity contribution in [2.75, 3.05) is 121 Å². The van der Waals surface area contributed by atoms with Gasteiger partial charge in [0.05, 0.1) is 87.5 Å². The monoisotopic (exact) mass is 923 g/mol. The van der Waals surface area contributed by atoms with E-state index in [2.05, 4.69) is 66.6 Å². The van der Waals surface area contributed by atoms with Crippen molar-refractivity contribution in [2.45, 2.75) is 83.2 Å². The van der Waals surface area contributed by atoms with Crippen LogP contribution >= 0.6 is 0 Å². The zero-order valence-corrected chi connectivity index (χ0v) is 39.5. The molecule has 5 heterocycles. The minimum absolute atomic E-state index is 0.135. The van der Waals surface area contributed by atoms with E-state index < -0.39 is 11.8 Å². The van der Waals surface area contributed by atoms with Gasteiger partial charge in [0.25, 0.3) is 0 Å². The van der Waals surface area contributed by atoms with Crippen LogP contribution in [0.5, 0.6) is 0 Å². The average Bonchev–Trinajstić information content (AvgIpc) is 3.85. The van der Waals surface area contributed by atoms with E-state index in [0.717, 1.165) is 111 Å². The van der Waals surface area contributed by atoms with E-state index in [1.54, 1.807) is 11.9 Å². The molecule has 0 bridgehead atoms. The number of ether oxygens (including phenoxy) is 4. The average molecular weight is 923 g/mol. The highest BCUT2D eigenvalue weighted by atomic mass is 16.6. The van der Waals surface area contributed by atoms with Gasteiger partial charge in [0.1, 0.15) is 5.69 Å². The molecule has 2 atom stereocenters. The number of fused-ring (bicyclic) bond motifs is 2. The number of unbranched alkanes of at least 4 members (excludes halogenated alkanes) is 1. The zero-order chi connectivity index (χ0) is 46.4. The number of benzene rings is 2. The maximum Gasteiger partial charge on any atom is 0.235 e. The van der Waals surface area contributed by atoms with Crippen LogP contribution in [-0.4, -0.2) is 153 Å². The number of hydrogen-bond donors (Lipinski definition) is 3. The molecule has 3 N–H and O–H groups in total. The fourth-order valence-electron chi connectivity index (χ4n) is 9.79. The van der Waals surface area contributed by atoms with E-state index in [9.17, 15) is 14.4 Å². The summed E-state index contributed by atoms with van der Waals surface area (Å²) >= 11 is 0. The van der Waals surface area contributed by atoms with Crippen LogP contribution < -0.4 is 20.9 Å². The lowest BCUT2D eigenvalue weighted by Gasteiger charge is -2.34. The highest BCUT2D eigenvalue weighted by Gasteiger charge is 2.46. The van der Waals surface area contributed by atoms with Gasteiger partial charge in [0.15, 0.2) is 5.65 Å². The SMILES string of the molecule is CCCCNc1ncc2c(-c3ccc(CN4CCN(CCOCCOCCOCCOCCNc5cccc6c5N(C)C(=O)C6C5CCC(=O)NC5=O)CC4)cc3)nn(C3CCCCC3)c2n1. The standard InChI is InChI=1S/C50H70N10O7/c1-3-4-19-52-50-53-34-41-45(56-60(47(41)55-50)38-9-6-5-7-10-38)37-15-13-36(14-16-37)35-59-23-21-58(22-24-59)25-27-65-29-31-67-33-32-66-30-28-64-26-20-51-42-12-8-11-39-44(49(63)57(2)46(39)42)40-17-18-43(61)54-48(40)62/h8,11-16,34,38,40,44,51H,3-7,9-10,17-33,35H2,1-2H3,(H,52,53,55)(H,54,61,62). The molecule has 2 saturated heterocycles. The third-order valence-corrected chi connectivity index (χ3v) is 13.5. The van der Waals surface area contributed by atoms with Gasteiger partial charge in [0, 0.05) is 77.6 Å². The van der Waals surface area contributed by atoms with Crippen LogP contribution in [0.2, 0.25) is 0 Å². The van der Waals surface area contributed by atoms with Gasteiger partial charge in [-0.3, -0.25) is 29.5 Å². The Kier molecular flexibility index (Phi) is 17.6. The number of carbonyl (C=O) groups is 3. The Bertz CT molecular complexity index is 2240. The second-order valence-corrected chi connectivity index (χ2v) is 18.2. The summed E-state index contributed by atoms with van der Waals surface area (Å²) in [5.74, 6) is -1.27. The van der Waals surface area contributed by atoms with Crippen molar-refractivity contribution in [1.29, 1.82) is 0 Å². The van der Waals surface area contributed by atoms with E-state index in [0.29, 0.717) is 77.8 Å². The molecule has 0 spiro atoms. The highest BCUT2D eigenvalue weighted by Crippen LogP contribution is 2.46. The van der Waals surface area contributed by atoms with Gasteiger partial charge in [-0.05, 0) is 42.9 Å².